The molecule has 0 bridgehead atoms. The molecule has 0 aliphatic rings. The molecule has 5 heteroatoms. The van der Waals surface area contributed by atoms with E-state index >= 15 is 0 Å². The van der Waals surface area contributed by atoms with Crippen molar-refractivity contribution >= 4 is 0 Å². The molecule has 0 saturated heterocycles. The molecule has 0 aromatic carbocycles. The third kappa shape index (κ3) is 2.56. The fourth-order valence-electron chi connectivity index (χ4n) is 2.04. The highest BCUT2D eigenvalue weighted by atomic mass is 19.1. The van der Waals surface area contributed by atoms with Crippen LogP contribution in [0, 0.1) is 19.7 Å². The number of halogens is 1. The summed E-state index contributed by atoms with van der Waals surface area (Å²) >= 11 is 0. The van der Waals surface area contributed by atoms with Crippen molar-refractivity contribution in [2.75, 3.05) is 7.05 Å². The van der Waals surface area contributed by atoms with E-state index in [2.05, 4.69) is 15.4 Å². The SMILES string of the molecule is CNCc1c(C)nn(Cc2cncc(F)c2)c1C. The Bertz CT molecular complexity index is 548. The van der Waals surface area contributed by atoms with E-state index in [1.54, 1.807) is 6.20 Å². The van der Waals surface area contributed by atoms with Gasteiger partial charge in [-0.2, -0.15) is 5.10 Å². The molecule has 2 aromatic heterocycles. The van der Waals surface area contributed by atoms with Gasteiger partial charge in [0.05, 0.1) is 18.4 Å². The van der Waals surface area contributed by atoms with Gasteiger partial charge in [0.1, 0.15) is 5.82 Å². The Kier molecular flexibility index (Phi) is 3.72. The minimum absolute atomic E-state index is 0.315. The van der Waals surface area contributed by atoms with Crippen molar-refractivity contribution in [1.29, 1.82) is 0 Å². The number of pyridine rings is 1. The summed E-state index contributed by atoms with van der Waals surface area (Å²) in [6, 6.07) is 1.49. The summed E-state index contributed by atoms with van der Waals surface area (Å²) in [6.07, 6.45) is 2.87. The van der Waals surface area contributed by atoms with Gasteiger partial charge in [-0.15, -0.1) is 0 Å². The summed E-state index contributed by atoms with van der Waals surface area (Å²) < 4.78 is 15.0. The molecule has 0 aliphatic heterocycles. The first-order chi connectivity index (χ1) is 8.61. The van der Waals surface area contributed by atoms with Crippen molar-refractivity contribution in [3.63, 3.8) is 0 Å². The molecular weight excluding hydrogens is 231 g/mol. The normalized spacial score (nSPS) is 10.9. The lowest BCUT2D eigenvalue weighted by molar-refractivity contribution is 0.608. The van der Waals surface area contributed by atoms with Crippen molar-refractivity contribution in [2.45, 2.75) is 26.9 Å². The Morgan fingerprint density at radius 3 is 2.78 bits per heavy atom. The third-order valence-corrected chi connectivity index (χ3v) is 2.98. The van der Waals surface area contributed by atoms with E-state index in [1.807, 2.05) is 25.6 Å². The maximum absolute atomic E-state index is 13.1. The molecule has 2 aromatic rings. The van der Waals surface area contributed by atoms with Crippen LogP contribution in [0.5, 0.6) is 0 Å². The van der Waals surface area contributed by atoms with Crippen LogP contribution in [-0.2, 0) is 13.1 Å². The monoisotopic (exact) mass is 248 g/mol. The van der Waals surface area contributed by atoms with Crippen LogP contribution in [0.4, 0.5) is 4.39 Å². The van der Waals surface area contributed by atoms with Gasteiger partial charge in [-0.3, -0.25) is 9.67 Å². The average molecular weight is 248 g/mol. The highest BCUT2D eigenvalue weighted by Gasteiger charge is 2.11. The standard InChI is InChI=1S/C13H17FN4/c1-9-13(7-15-3)10(2)18(17-9)8-11-4-12(14)6-16-5-11/h4-6,15H,7-8H2,1-3H3. The highest BCUT2D eigenvalue weighted by molar-refractivity contribution is 5.25. The zero-order valence-corrected chi connectivity index (χ0v) is 10.9. The molecule has 2 heterocycles. The molecule has 0 amide bonds. The molecule has 1 N–H and O–H groups in total. The van der Waals surface area contributed by atoms with E-state index in [0.717, 1.165) is 23.5 Å². The van der Waals surface area contributed by atoms with Gasteiger partial charge >= 0.3 is 0 Å². The van der Waals surface area contributed by atoms with Crippen molar-refractivity contribution in [2.24, 2.45) is 0 Å². The van der Waals surface area contributed by atoms with Gasteiger partial charge in [0.15, 0.2) is 0 Å². The van der Waals surface area contributed by atoms with Crippen LogP contribution in [0.1, 0.15) is 22.5 Å². The number of hydrogen-bond acceptors (Lipinski definition) is 3. The molecule has 0 unspecified atom stereocenters. The number of aromatic nitrogens is 3. The molecule has 0 saturated carbocycles. The Balaban J connectivity index is 2.27. The minimum Gasteiger partial charge on any atom is -0.316 e. The second kappa shape index (κ2) is 5.27. The largest absolute Gasteiger partial charge is 0.316 e. The van der Waals surface area contributed by atoms with Crippen molar-refractivity contribution in [3.8, 4) is 0 Å². The summed E-state index contributed by atoms with van der Waals surface area (Å²) in [5.74, 6) is -0.315. The van der Waals surface area contributed by atoms with Crippen molar-refractivity contribution < 1.29 is 4.39 Å². The first kappa shape index (κ1) is 12.7. The number of nitrogens with zero attached hydrogens (tertiary/aromatic N) is 3. The van der Waals surface area contributed by atoms with Crippen LogP contribution >= 0.6 is 0 Å². The molecule has 4 nitrogen and oxygen atoms in total. The highest BCUT2D eigenvalue weighted by Crippen LogP contribution is 2.14. The molecule has 0 atom stereocenters. The predicted octanol–water partition coefficient (Wildman–Crippen LogP) is 1.80. The lowest BCUT2D eigenvalue weighted by atomic mass is 10.2. The lowest BCUT2D eigenvalue weighted by Gasteiger charge is -2.05. The van der Waals surface area contributed by atoms with E-state index in [9.17, 15) is 4.39 Å². The van der Waals surface area contributed by atoms with Gasteiger partial charge in [0.2, 0.25) is 0 Å². The van der Waals surface area contributed by atoms with E-state index in [-0.39, 0.29) is 5.82 Å². The van der Waals surface area contributed by atoms with Crippen molar-refractivity contribution in [1.82, 2.24) is 20.1 Å². The maximum Gasteiger partial charge on any atom is 0.141 e. The summed E-state index contributed by atoms with van der Waals surface area (Å²) in [5.41, 5.74) is 4.12. The fraction of sp³-hybridized carbons (Fsp3) is 0.385. The van der Waals surface area contributed by atoms with Crippen molar-refractivity contribution in [3.05, 3.63) is 46.8 Å². The topological polar surface area (TPSA) is 42.7 Å². The lowest BCUT2D eigenvalue weighted by Crippen LogP contribution is -2.08. The summed E-state index contributed by atoms with van der Waals surface area (Å²) in [4.78, 5) is 3.85. The molecule has 0 aliphatic carbocycles. The van der Waals surface area contributed by atoms with Crippen LogP contribution in [-0.4, -0.2) is 21.8 Å². The molecule has 0 fully saturated rings. The van der Waals surface area contributed by atoms with Crippen LogP contribution < -0.4 is 5.32 Å². The summed E-state index contributed by atoms with van der Waals surface area (Å²) in [5, 5.41) is 7.61. The molecule has 2 rings (SSSR count). The molecule has 96 valence electrons. The minimum atomic E-state index is -0.315. The molecular formula is C13H17FN4. The van der Waals surface area contributed by atoms with Gasteiger partial charge in [-0.05, 0) is 32.5 Å². The fourth-order valence-corrected chi connectivity index (χ4v) is 2.04. The molecule has 0 spiro atoms. The number of nitrogens with one attached hydrogen (secondary N) is 1. The van der Waals surface area contributed by atoms with E-state index in [0.29, 0.717) is 6.54 Å². The summed E-state index contributed by atoms with van der Waals surface area (Å²) in [6.45, 7) is 5.35. The Morgan fingerprint density at radius 2 is 2.11 bits per heavy atom. The number of aryl methyl sites for hydroxylation is 1. The number of hydrogen-bond donors (Lipinski definition) is 1. The van der Waals surface area contributed by atoms with Crippen LogP contribution in [0.2, 0.25) is 0 Å². The van der Waals surface area contributed by atoms with Gasteiger partial charge in [-0.25, -0.2) is 4.39 Å². The quantitative estimate of drug-likeness (QED) is 0.897. The van der Waals surface area contributed by atoms with E-state index in [4.69, 9.17) is 0 Å². The van der Waals surface area contributed by atoms with Gasteiger partial charge in [-0.1, -0.05) is 0 Å². The second-order valence-electron chi connectivity index (χ2n) is 4.35. The van der Waals surface area contributed by atoms with Gasteiger partial charge in [0, 0.05) is 24.0 Å². The molecule has 0 radical (unpaired) electrons. The van der Waals surface area contributed by atoms with E-state index in [1.165, 1.54) is 17.8 Å². The van der Waals surface area contributed by atoms with Crippen LogP contribution in [0.25, 0.3) is 0 Å². The predicted molar refractivity (Wildman–Crippen MR) is 67.8 cm³/mol. The molecule has 18 heavy (non-hydrogen) atoms. The third-order valence-electron chi connectivity index (χ3n) is 2.98. The zero-order chi connectivity index (χ0) is 13.1. The van der Waals surface area contributed by atoms with Crippen LogP contribution in [0.15, 0.2) is 18.5 Å². The van der Waals surface area contributed by atoms with E-state index < -0.39 is 0 Å². The zero-order valence-electron chi connectivity index (χ0n) is 10.9. The Labute approximate surface area is 106 Å². The smallest absolute Gasteiger partial charge is 0.141 e. The Morgan fingerprint density at radius 1 is 1.33 bits per heavy atom. The average Bonchev–Trinajstić information content (AvgIpc) is 2.57. The van der Waals surface area contributed by atoms with Gasteiger partial charge < -0.3 is 5.32 Å². The maximum atomic E-state index is 13.1. The summed E-state index contributed by atoms with van der Waals surface area (Å²) in [7, 11) is 1.91. The second-order valence-corrected chi connectivity index (χ2v) is 4.35. The number of rotatable bonds is 4. The first-order valence-corrected chi connectivity index (χ1v) is 5.88. The van der Waals surface area contributed by atoms with Crippen LogP contribution in [0.3, 0.4) is 0 Å². The first-order valence-electron chi connectivity index (χ1n) is 5.88. The Hall–Kier alpha value is -1.75. The van der Waals surface area contributed by atoms with Gasteiger partial charge in [0.25, 0.3) is 0 Å².